The molecule has 0 saturated heterocycles. The normalized spacial score (nSPS) is 11.3. The van der Waals surface area contributed by atoms with Crippen molar-refractivity contribution in [3.63, 3.8) is 0 Å². The van der Waals surface area contributed by atoms with Crippen molar-refractivity contribution >= 4 is 53.6 Å². The molecular formula is C16H19Cl3O7P-. The van der Waals surface area contributed by atoms with E-state index >= 15 is 0 Å². The summed E-state index contributed by atoms with van der Waals surface area (Å²) in [6.45, 7) is 1.86. The highest BCUT2D eigenvalue weighted by Gasteiger charge is 2.09. The van der Waals surface area contributed by atoms with Crippen LogP contribution >= 0.6 is 42.6 Å². The number of alkyl halides is 2. The molecule has 0 atom stereocenters. The lowest BCUT2D eigenvalue weighted by Crippen LogP contribution is -2.10. The molecule has 0 aliphatic heterocycles. The predicted octanol–water partition coefficient (Wildman–Crippen LogP) is 4.21. The summed E-state index contributed by atoms with van der Waals surface area (Å²) in [4.78, 5) is 22.1. The monoisotopic (exact) mass is 459 g/mol. The molecule has 2 rings (SSSR count). The van der Waals surface area contributed by atoms with E-state index in [0.717, 1.165) is 5.39 Å². The Morgan fingerprint density at radius 3 is 2.26 bits per heavy atom. The van der Waals surface area contributed by atoms with Gasteiger partial charge in [0.2, 0.25) is 0 Å². The number of phenolic OH excluding ortho intramolecular Hbond substituents is 1. The molecule has 27 heavy (non-hydrogen) atoms. The number of phosphoric ester groups is 1. The van der Waals surface area contributed by atoms with E-state index in [1.807, 2.05) is 0 Å². The van der Waals surface area contributed by atoms with Crippen LogP contribution in [-0.2, 0) is 13.6 Å². The van der Waals surface area contributed by atoms with E-state index in [2.05, 4.69) is 9.05 Å². The maximum Gasteiger partial charge on any atom is 0.355 e. The first-order chi connectivity index (χ1) is 12.7. The van der Waals surface area contributed by atoms with Crippen LogP contribution in [0.1, 0.15) is 18.4 Å². The number of rotatable bonds is 8. The molecule has 0 aliphatic rings. The van der Waals surface area contributed by atoms with Gasteiger partial charge in [0.15, 0.2) is 0 Å². The van der Waals surface area contributed by atoms with Crippen molar-refractivity contribution in [2.75, 3.05) is 25.0 Å². The van der Waals surface area contributed by atoms with Gasteiger partial charge in [0.25, 0.3) is 7.82 Å². The molecule has 11 heteroatoms. The first-order valence-electron chi connectivity index (χ1n) is 7.86. The molecule has 0 amide bonds. The zero-order valence-electron chi connectivity index (χ0n) is 14.5. The van der Waals surface area contributed by atoms with Gasteiger partial charge in [-0.3, -0.25) is 4.57 Å². The molecule has 1 heterocycles. The van der Waals surface area contributed by atoms with Gasteiger partial charge >= 0.3 is 5.63 Å². The third-order valence-electron chi connectivity index (χ3n) is 3.14. The van der Waals surface area contributed by atoms with Crippen molar-refractivity contribution in [3.05, 3.63) is 39.2 Å². The summed E-state index contributed by atoms with van der Waals surface area (Å²) in [5.74, 6) is 0.783. The van der Waals surface area contributed by atoms with E-state index in [0.29, 0.717) is 35.7 Å². The first kappa shape index (κ1) is 24.2. The second-order valence-electron chi connectivity index (χ2n) is 5.21. The van der Waals surface area contributed by atoms with Gasteiger partial charge in [-0.1, -0.05) is 11.6 Å². The summed E-state index contributed by atoms with van der Waals surface area (Å²) in [7, 11) is -4.12. The largest absolute Gasteiger partial charge is 0.756 e. The Balaban J connectivity index is 0.000000271. The van der Waals surface area contributed by atoms with Crippen LogP contribution in [0.3, 0.4) is 0 Å². The fourth-order valence-corrected chi connectivity index (χ4v) is 2.96. The third-order valence-corrected chi connectivity index (χ3v) is 5.10. The smallest absolute Gasteiger partial charge is 0.355 e. The Bertz CT molecular complexity index is 827. The maximum atomic E-state index is 11.2. The minimum Gasteiger partial charge on any atom is -0.756 e. The molecule has 0 unspecified atom stereocenters. The van der Waals surface area contributed by atoms with Crippen LogP contribution in [0, 0.1) is 6.92 Å². The quantitative estimate of drug-likeness (QED) is 0.272. The van der Waals surface area contributed by atoms with Crippen LogP contribution in [0.5, 0.6) is 5.75 Å². The molecule has 0 aliphatic carbocycles. The third kappa shape index (κ3) is 8.40. The fraction of sp³-hybridized carbons (Fsp3) is 0.438. The molecule has 0 radical (unpaired) electrons. The van der Waals surface area contributed by atoms with E-state index in [1.54, 1.807) is 13.0 Å². The summed E-state index contributed by atoms with van der Waals surface area (Å²) < 4.78 is 24.7. The van der Waals surface area contributed by atoms with Crippen molar-refractivity contribution in [3.8, 4) is 5.75 Å². The highest BCUT2D eigenvalue weighted by molar-refractivity contribution is 7.45. The molecule has 0 saturated carbocycles. The molecule has 1 aromatic heterocycles. The van der Waals surface area contributed by atoms with Gasteiger partial charge in [0.1, 0.15) is 16.4 Å². The lowest BCUT2D eigenvalue weighted by atomic mass is 10.1. The van der Waals surface area contributed by atoms with Crippen LogP contribution in [0.4, 0.5) is 0 Å². The van der Waals surface area contributed by atoms with Crippen LogP contribution in [0.15, 0.2) is 27.4 Å². The second kappa shape index (κ2) is 11.9. The van der Waals surface area contributed by atoms with E-state index in [1.165, 1.54) is 12.1 Å². The van der Waals surface area contributed by atoms with Gasteiger partial charge in [-0.15, -0.1) is 23.2 Å². The number of hydrogen-bond donors (Lipinski definition) is 1. The zero-order valence-corrected chi connectivity index (χ0v) is 17.6. The van der Waals surface area contributed by atoms with E-state index in [-0.39, 0.29) is 24.0 Å². The van der Waals surface area contributed by atoms with Crippen molar-refractivity contribution in [2.45, 2.75) is 19.8 Å². The fourth-order valence-electron chi connectivity index (χ4n) is 1.82. The molecule has 0 bridgehead atoms. The van der Waals surface area contributed by atoms with Crippen LogP contribution in [-0.4, -0.2) is 30.1 Å². The highest BCUT2D eigenvalue weighted by atomic mass is 35.5. The standard InChI is InChI=1S/C10H7ClO3.C6H13Cl2O4P/c1-5-7-3-2-6(12)4-8(7)14-10(13)9(5)11;7-3-1-5-11-13(9,10)12-6-2-4-8/h2-4,12H,1H3;1-6H2,(H,9,10)/p-1. The highest BCUT2D eigenvalue weighted by Crippen LogP contribution is 2.38. The van der Waals surface area contributed by atoms with E-state index < -0.39 is 13.4 Å². The summed E-state index contributed by atoms with van der Waals surface area (Å²) in [5.41, 5.74) is 0.428. The maximum absolute atomic E-state index is 11.2. The van der Waals surface area contributed by atoms with Crippen LogP contribution in [0.2, 0.25) is 5.02 Å². The number of aromatic hydroxyl groups is 1. The number of hydrogen-bond acceptors (Lipinski definition) is 7. The Hall–Kier alpha value is -0.790. The molecule has 2 aromatic rings. The van der Waals surface area contributed by atoms with E-state index in [4.69, 9.17) is 39.2 Å². The average molecular weight is 461 g/mol. The minimum absolute atomic E-state index is 0.0578. The first-order valence-corrected chi connectivity index (χ1v) is 10.8. The Morgan fingerprint density at radius 1 is 1.19 bits per heavy atom. The molecular weight excluding hydrogens is 442 g/mol. The van der Waals surface area contributed by atoms with Gasteiger partial charge in [-0.2, -0.15) is 0 Å². The van der Waals surface area contributed by atoms with Crippen LogP contribution < -0.4 is 10.5 Å². The summed E-state index contributed by atoms with van der Waals surface area (Å²) in [6, 6.07) is 4.57. The lowest BCUT2D eigenvalue weighted by molar-refractivity contribution is -0.225. The van der Waals surface area contributed by atoms with Gasteiger partial charge in [0.05, 0.1) is 13.2 Å². The Kier molecular flexibility index (Phi) is 10.7. The molecule has 0 fully saturated rings. The van der Waals surface area contributed by atoms with E-state index in [9.17, 15) is 19.4 Å². The number of benzene rings is 1. The Morgan fingerprint density at radius 2 is 1.74 bits per heavy atom. The van der Waals surface area contributed by atoms with Crippen molar-refractivity contribution in [1.82, 2.24) is 0 Å². The molecule has 1 N–H and O–H groups in total. The summed E-state index contributed by atoms with van der Waals surface area (Å²) in [6.07, 6.45) is 0.958. The van der Waals surface area contributed by atoms with Crippen molar-refractivity contribution in [1.29, 1.82) is 0 Å². The molecule has 1 aromatic carbocycles. The Labute approximate surface area is 171 Å². The minimum atomic E-state index is -4.12. The zero-order chi connectivity index (χ0) is 20.4. The topological polar surface area (TPSA) is 109 Å². The van der Waals surface area contributed by atoms with Gasteiger partial charge in [-0.25, -0.2) is 4.79 Å². The second-order valence-corrected chi connectivity index (χ2v) is 7.75. The average Bonchev–Trinajstić information content (AvgIpc) is 2.60. The van der Waals surface area contributed by atoms with Crippen LogP contribution in [0.25, 0.3) is 11.0 Å². The number of fused-ring (bicyclic) bond motifs is 1. The number of halogens is 3. The SMILES string of the molecule is Cc1c(Cl)c(=O)oc2cc(O)ccc12.O=P([O-])(OCCCCl)OCCCCl. The summed E-state index contributed by atoms with van der Waals surface area (Å²) >= 11 is 16.4. The summed E-state index contributed by atoms with van der Waals surface area (Å²) in [5, 5.41) is 10.0. The lowest BCUT2D eigenvalue weighted by Gasteiger charge is -2.22. The van der Waals surface area contributed by atoms with Crippen molar-refractivity contribution < 1.29 is 28.0 Å². The number of aryl methyl sites for hydroxylation is 1. The van der Waals surface area contributed by atoms with Gasteiger partial charge < -0.3 is 23.5 Å². The molecule has 152 valence electrons. The number of phenols is 1. The van der Waals surface area contributed by atoms with Gasteiger partial charge in [0, 0.05) is 23.2 Å². The predicted molar refractivity (Wildman–Crippen MR) is 104 cm³/mol. The molecule has 0 spiro atoms. The van der Waals surface area contributed by atoms with Gasteiger partial charge in [-0.05, 0) is 37.5 Å². The molecule has 7 nitrogen and oxygen atoms in total. The van der Waals surface area contributed by atoms with Crippen molar-refractivity contribution in [2.24, 2.45) is 0 Å². The number of phosphoric acid groups is 1.